The van der Waals surface area contributed by atoms with Gasteiger partial charge in [-0.3, -0.25) is 0 Å². The van der Waals surface area contributed by atoms with Crippen LogP contribution in [-0.4, -0.2) is 26.0 Å². The fourth-order valence-corrected chi connectivity index (χ4v) is 3.70. The summed E-state index contributed by atoms with van der Waals surface area (Å²) in [6.07, 6.45) is 1.22. The summed E-state index contributed by atoms with van der Waals surface area (Å²) in [6, 6.07) is 6.91. The normalized spacial score (nSPS) is 30.2. The zero-order valence-electron chi connectivity index (χ0n) is 8.22. The molecule has 0 amide bonds. The molecule has 0 spiro atoms. The van der Waals surface area contributed by atoms with E-state index in [2.05, 4.69) is 0 Å². The minimum atomic E-state index is -3.06. The predicted molar refractivity (Wildman–Crippen MR) is 60.8 cm³/mol. The maximum Gasteiger partial charge on any atom is 0.152 e. The van der Waals surface area contributed by atoms with Crippen LogP contribution in [0, 0.1) is 0 Å². The van der Waals surface area contributed by atoms with Crippen molar-refractivity contribution in [3.63, 3.8) is 0 Å². The monoisotopic (exact) mass is 245 g/mol. The molecule has 1 aromatic rings. The second-order valence-electron chi connectivity index (χ2n) is 3.95. The zero-order chi connectivity index (χ0) is 11.2. The Morgan fingerprint density at radius 1 is 1.40 bits per heavy atom. The quantitative estimate of drug-likeness (QED) is 0.851. The van der Waals surface area contributed by atoms with E-state index in [0.717, 1.165) is 5.56 Å². The van der Waals surface area contributed by atoms with Gasteiger partial charge in [-0.25, -0.2) is 8.42 Å². The number of sulfone groups is 1. The molecule has 0 aromatic heterocycles. The lowest BCUT2D eigenvalue weighted by molar-refractivity contribution is 0.599. The summed E-state index contributed by atoms with van der Waals surface area (Å²) in [7, 11) is -3.06. The van der Waals surface area contributed by atoms with Crippen molar-refractivity contribution in [2.24, 2.45) is 5.73 Å². The summed E-state index contributed by atoms with van der Waals surface area (Å²) in [4.78, 5) is 0. The van der Waals surface area contributed by atoms with Gasteiger partial charge < -0.3 is 5.73 Å². The van der Waals surface area contributed by atoms with Crippen molar-refractivity contribution < 1.29 is 8.42 Å². The van der Waals surface area contributed by atoms with Crippen LogP contribution in [-0.2, 0) is 9.84 Å². The average Bonchev–Trinajstić information content (AvgIpc) is 2.76. The lowest BCUT2D eigenvalue weighted by Crippen LogP contribution is -2.13. The Bertz CT molecular complexity index is 486. The predicted octanol–water partition coefficient (Wildman–Crippen LogP) is 1.18. The number of halogens is 1. The molecule has 3 atom stereocenters. The van der Waals surface area contributed by atoms with Crippen molar-refractivity contribution >= 4 is 21.4 Å². The first-order chi connectivity index (χ1) is 6.91. The molecule has 3 nitrogen and oxygen atoms in total. The molecule has 0 unspecified atom stereocenters. The van der Waals surface area contributed by atoms with Gasteiger partial charge in [0.15, 0.2) is 9.84 Å². The fourth-order valence-electron chi connectivity index (χ4n) is 1.98. The zero-order valence-corrected chi connectivity index (χ0v) is 9.79. The highest BCUT2D eigenvalue weighted by Gasteiger charge is 2.54. The van der Waals surface area contributed by atoms with Gasteiger partial charge in [-0.1, -0.05) is 23.7 Å². The molecule has 1 aliphatic rings. The third-order valence-corrected chi connectivity index (χ3v) is 4.57. The van der Waals surface area contributed by atoms with Crippen LogP contribution in [0.4, 0.5) is 0 Å². The molecule has 1 saturated carbocycles. The first-order valence-corrected chi connectivity index (χ1v) is 6.94. The molecule has 2 rings (SSSR count). The van der Waals surface area contributed by atoms with Gasteiger partial charge in [-0.2, -0.15) is 0 Å². The third kappa shape index (κ3) is 2.02. The summed E-state index contributed by atoms with van der Waals surface area (Å²) in [5.41, 5.74) is 6.66. The molecule has 1 aromatic carbocycles. The molecule has 1 fully saturated rings. The largest absolute Gasteiger partial charge is 0.326 e. The van der Waals surface area contributed by atoms with E-state index in [1.807, 2.05) is 12.1 Å². The van der Waals surface area contributed by atoms with E-state index < -0.39 is 15.1 Å². The first kappa shape index (κ1) is 10.9. The summed E-state index contributed by atoms with van der Waals surface area (Å²) < 4.78 is 22.7. The molecule has 0 heterocycles. The van der Waals surface area contributed by atoms with Gasteiger partial charge in [0.1, 0.15) is 0 Å². The minimum Gasteiger partial charge on any atom is -0.326 e. The Morgan fingerprint density at radius 2 is 2.07 bits per heavy atom. The van der Waals surface area contributed by atoms with Gasteiger partial charge in [0, 0.05) is 23.2 Å². The van der Waals surface area contributed by atoms with Crippen LogP contribution in [0.1, 0.15) is 11.5 Å². The van der Waals surface area contributed by atoms with Crippen molar-refractivity contribution in [1.29, 1.82) is 0 Å². The van der Waals surface area contributed by atoms with Crippen LogP contribution in [0.15, 0.2) is 24.3 Å². The van der Waals surface area contributed by atoms with Crippen molar-refractivity contribution in [3.05, 3.63) is 34.9 Å². The Morgan fingerprint density at radius 3 is 2.53 bits per heavy atom. The number of benzene rings is 1. The molecule has 5 heteroatoms. The second-order valence-corrected chi connectivity index (χ2v) is 6.59. The minimum absolute atomic E-state index is 0.0984. The molecule has 82 valence electrons. The Kier molecular flexibility index (Phi) is 2.53. The van der Waals surface area contributed by atoms with Crippen LogP contribution in [0.2, 0.25) is 5.02 Å². The standard InChI is InChI=1S/C10H12ClNO2S/c1-15(13,14)10-8(9(10)12)6-3-2-4-7(11)5-6/h2-5,8-10H,12H2,1H3/t8-,9+,10+/m1/s1. The Balaban J connectivity index is 2.29. The average molecular weight is 246 g/mol. The summed E-state index contributed by atoms with van der Waals surface area (Å²) in [6.45, 7) is 0. The van der Waals surface area contributed by atoms with E-state index in [1.165, 1.54) is 6.26 Å². The van der Waals surface area contributed by atoms with Crippen molar-refractivity contribution in [1.82, 2.24) is 0 Å². The maximum absolute atomic E-state index is 11.4. The lowest BCUT2D eigenvalue weighted by atomic mass is 10.1. The summed E-state index contributed by atoms with van der Waals surface area (Å²) >= 11 is 5.84. The molecule has 0 aliphatic heterocycles. The van der Waals surface area contributed by atoms with E-state index >= 15 is 0 Å². The van der Waals surface area contributed by atoms with Gasteiger partial charge in [0.05, 0.1) is 5.25 Å². The van der Waals surface area contributed by atoms with E-state index in [1.54, 1.807) is 12.1 Å². The molecule has 0 saturated heterocycles. The van der Waals surface area contributed by atoms with E-state index in [0.29, 0.717) is 5.02 Å². The Hall–Kier alpha value is -0.580. The SMILES string of the molecule is CS(=O)(=O)[C@@H]1[C@@H](N)[C@H]1c1cccc(Cl)c1. The van der Waals surface area contributed by atoms with Crippen molar-refractivity contribution in [2.45, 2.75) is 17.2 Å². The van der Waals surface area contributed by atoms with Crippen LogP contribution < -0.4 is 5.73 Å². The van der Waals surface area contributed by atoms with Crippen LogP contribution >= 0.6 is 11.6 Å². The van der Waals surface area contributed by atoms with Crippen LogP contribution in [0.5, 0.6) is 0 Å². The van der Waals surface area contributed by atoms with Gasteiger partial charge >= 0.3 is 0 Å². The third-order valence-electron chi connectivity index (χ3n) is 2.74. The summed E-state index contributed by atoms with van der Waals surface area (Å²) in [5.74, 6) is -0.0984. The van der Waals surface area contributed by atoms with E-state index in [9.17, 15) is 8.42 Å². The van der Waals surface area contributed by atoms with Gasteiger partial charge in [0.2, 0.25) is 0 Å². The highest BCUT2D eigenvalue weighted by atomic mass is 35.5. The number of nitrogens with two attached hydrogens (primary N) is 1. The van der Waals surface area contributed by atoms with E-state index in [-0.39, 0.29) is 12.0 Å². The van der Waals surface area contributed by atoms with Crippen LogP contribution in [0.25, 0.3) is 0 Å². The van der Waals surface area contributed by atoms with E-state index in [4.69, 9.17) is 17.3 Å². The maximum atomic E-state index is 11.4. The van der Waals surface area contributed by atoms with Crippen molar-refractivity contribution in [2.75, 3.05) is 6.26 Å². The molecule has 15 heavy (non-hydrogen) atoms. The molecule has 0 bridgehead atoms. The Labute approximate surface area is 94.2 Å². The number of hydrogen-bond acceptors (Lipinski definition) is 3. The number of hydrogen-bond donors (Lipinski definition) is 1. The smallest absolute Gasteiger partial charge is 0.152 e. The van der Waals surface area contributed by atoms with Gasteiger partial charge in [0.25, 0.3) is 0 Å². The first-order valence-electron chi connectivity index (χ1n) is 4.61. The number of rotatable bonds is 2. The molecule has 1 aliphatic carbocycles. The molecular weight excluding hydrogens is 234 g/mol. The second kappa shape index (κ2) is 3.47. The van der Waals surface area contributed by atoms with Gasteiger partial charge in [-0.05, 0) is 17.7 Å². The molecular formula is C10H12ClNO2S. The van der Waals surface area contributed by atoms with Crippen molar-refractivity contribution in [3.8, 4) is 0 Å². The lowest BCUT2D eigenvalue weighted by Gasteiger charge is -1.99. The highest BCUT2D eigenvalue weighted by molar-refractivity contribution is 7.91. The molecule has 2 N–H and O–H groups in total. The highest BCUT2D eigenvalue weighted by Crippen LogP contribution is 2.44. The van der Waals surface area contributed by atoms with Gasteiger partial charge in [-0.15, -0.1) is 0 Å². The summed E-state index contributed by atoms with van der Waals surface area (Å²) in [5, 5.41) is 0.162. The fraction of sp³-hybridized carbons (Fsp3) is 0.400. The topological polar surface area (TPSA) is 60.2 Å². The molecule has 0 radical (unpaired) electrons. The van der Waals surface area contributed by atoms with Crippen LogP contribution in [0.3, 0.4) is 0 Å².